The van der Waals surface area contributed by atoms with Gasteiger partial charge in [-0.1, -0.05) is 30.3 Å². The maximum Gasteiger partial charge on any atom is 0.264 e. The van der Waals surface area contributed by atoms with Crippen LogP contribution in [0.5, 0.6) is 0 Å². The fourth-order valence-electron chi connectivity index (χ4n) is 3.62. The number of thiophene rings is 1. The van der Waals surface area contributed by atoms with Gasteiger partial charge in [-0.15, -0.1) is 11.3 Å². The summed E-state index contributed by atoms with van der Waals surface area (Å²) in [5, 5.41) is 4.42. The normalized spacial score (nSPS) is 14.5. The molecular formula is C21H24N4OS. The molecule has 1 aliphatic rings. The summed E-state index contributed by atoms with van der Waals surface area (Å²) >= 11 is 1.49. The summed E-state index contributed by atoms with van der Waals surface area (Å²) in [5.74, 6) is 0.966. The van der Waals surface area contributed by atoms with Crippen LogP contribution in [0.3, 0.4) is 0 Å². The molecule has 6 heteroatoms. The van der Waals surface area contributed by atoms with Crippen LogP contribution in [0.4, 0.5) is 5.82 Å². The Balaban J connectivity index is 1.55. The van der Waals surface area contributed by atoms with Crippen molar-refractivity contribution in [1.82, 2.24) is 14.9 Å². The van der Waals surface area contributed by atoms with Crippen molar-refractivity contribution in [1.29, 1.82) is 0 Å². The Bertz CT molecular complexity index is 932. The first-order valence-corrected chi connectivity index (χ1v) is 10.4. The van der Waals surface area contributed by atoms with Gasteiger partial charge < -0.3 is 10.2 Å². The molecule has 1 fully saturated rings. The number of piperidine rings is 1. The van der Waals surface area contributed by atoms with E-state index in [2.05, 4.69) is 39.6 Å². The molecule has 0 atom stereocenters. The number of benzene rings is 1. The summed E-state index contributed by atoms with van der Waals surface area (Å²) in [6, 6.07) is 10.4. The molecule has 0 bridgehead atoms. The Morgan fingerprint density at radius 3 is 2.70 bits per heavy atom. The molecule has 1 saturated heterocycles. The van der Waals surface area contributed by atoms with Crippen molar-refractivity contribution >= 4 is 33.3 Å². The van der Waals surface area contributed by atoms with Gasteiger partial charge in [0.1, 0.15) is 17.0 Å². The van der Waals surface area contributed by atoms with E-state index in [4.69, 9.17) is 0 Å². The smallest absolute Gasteiger partial charge is 0.264 e. The fourth-order valence-corrected chi connectivity index (χ4v) is 4.74. The van der Waals surface area contributed by atoms with E-state index in [1.165, 1.54) is 23.3 Å². The van der Waals surface area contributed by atoms with Crippen LogP contribution in [0.1, 0.15) is 40.1 Å². The molecule has 0 radical (unpaired) electrons. The summed E-state index contributed by atoms with van der Waals surface area (Å²) in [6.07, 6.45) is 5.92. The molecule has 1 aliphatic heterocycles. The summed E-state index contributed by atoms with van der Waals surface area (Å²) in [6.45, 7) is 4.53. The molecule has 1 N–H and O–H groups in total. The predicted octanol–water partition coefficient (Wildman–Crippen LogP) is 4.28. The molecule has 0 unspecified atom stereocenters. The second-order valence-electron chi connectivity index (χ2n) is 6.97. The number of nitrogens with zero attached hydrogens (tertiary/aromatic N) is 3. The molecule has 1 aromatic carbocycles. The van der Waals surface area contributed by atoms with Crippen molar-refractivity contribution in [3.05, 3.63) is 52.7 Å². The number of rotatable bonds is 5. The molecule has 0 spiro atoms. The third-order valence-electron chi connectivity index (χ3n) is 5.11. The van der Waals surface area contributed by atoms with Crippen LogP contribution in [0.25, 0.3) is 10.2 Å². The number of aryl methyl sites for hydroxylation is 1. The molecule has 0 aliphatic carbocycles. The first kappa shape index (κ1) is 17.9. The molecule has 27 heavy (non-hydrogen) atoms. The Kier molecular flexibility index (Phi) is 5.34. The van der Waals surface area contributed by atoms with Crippen LogP contribution in [-0.2, 0) is 6.42 Å². The highest BCUT2D eigenvalue weighted by Gasteiger charge is 2.24. The zero-order chi connectivity index (χ0) is 18.6. The molecule has 0 saturated carbocycles. The number of hydrogen-bond acceptors (Lipinski definition) is 5. The van der Waals surface area contributed by atoms with Gasteiger partial charge >= 0.3 is 0 Å². The SMILES string of the molecule is Cc1c(C(=O)N2CCCCC2)sc2ncnc(NCCc3ccccc3)c12. The van der Waals surface area contributed by atoms with Gasteiger partial charge in [0.25, 0.3) is 5.91 Å². The highest BCUT2D eigenvalue weighted by atomic mass is 32.1. The van der Waals surface area contributed by atoms with Crippen LogP contribution in [0, 0.1) is 6.92 Å². The number of anilines is 1. The lowest BCUT2D eigenvalue weighted by Crippen LogP contribution is -2.35. The van der Waals surface area contributed by atoms with Gasteiger partial charge in [0.2, 0.25) is 0 Å². The van der Waals surface area contributed by atoms with E-state index >= 15 is 0 Å². The van der Waals surface area contributed by atoms with Gasteiger partial charge in [0.05, 0.1) is 10.3 Å². The number of amides is 1. The number of nitrogens with one attached hydrogen (secondary N) is 1. The lowest BCUT2D eigenvalue weighted by molar-refractivity contribution is 0.0728. The monoisotopic (exact) mass is 380 g/mol. The van der Waals surface area contributed by atoms with Crippen LogP contribution >= 0.6 is 11.3 Å². The van der Waals surface area contributed by atoms with Crippen molar-refractivity contribution < 1.29 is 4.79 Å². The van der Waals surface area contributed by atoms with Crippen molar-refractivity contribution in [3.63, 3.8) is 0 Å². The number of fused-ring (bicyclic) bond motifs is 1. The maximum atomic E-state index is 13.0. The lowest BCUT2D eigenvalue weighted by atomic mass is 10.1. The van der Waals surface area contributed by atoms with E-state index < -0.39 is 0 Å². The highest BCUT2D eigenvalue weighted by molar-refractivity contribution is 7.20. The molecule has 1 amide bonds. The number of likely N-dealkylation sites (tertiary alicyclic amines) is 1. The summed E-state index contributed by atoms with van der Waals surface area (Å²) in [5.41, 5.74) is 2.28. The quantitative estimate of drug-likeness (QED) is 0.718. The van der Waals surface area contributed by atoms with E-state index in [1.807, 2.05) is 17.9 Å². The second-order valence-corrected chi connectivity index (χ2v) is 7.97. The Morgan fingerprint density at radius 1 is 1.15 bits per heavy atom. The fraction of sp³-hybridized carbons (Fsp3) is 0.381. The van der Waals surface area contributed by atoms with Crippen molar-refractivity contribution in [2.24, 2.45) is 0 Å². The van der Waals surface area contributed by atoms with Crippen LogP contribution < -0.4 is 5.32 Å². The Labute approximate surface area is 163 Å². The molecule has 5 nitrogen and oxygen atoms in total. The van der Waals surface area contributed by atoms with Gasteiger partial charge in [0.15, 0.2) is 0 Å². The average Bonchev–Trinajstić information content (AvgIpc) is 3.06. The van der Waals surface area contributed by atoms with Gasteiger partial charge in [-0.05, 0) is 43.7 Å². The third kappa shape index (κ3) is 3.81. The van der Waals surface area contributed by atoms with Crippen LogP contribution in [0.2, 0.25) is 0 Å². The number of carbonyl (C=O) groups is 1. The number of carbonyl (C=O) groups excluding carboxylic acids is 1. The minimum atomic E-state index is 0.144. The molecule has 3 aromatic rings. The van der Waals surface area contributed by atoms with Gasteiger partial charge in [-0.2, -0.15) is 0 Å². The second kappa shape index (κ2) is 8.05. The topological polar surface area (TPSA) is 58.1 Å². The predicted molar refractivity (Wildman–Crippen MR) is 111 cm³/mol. The zero-order valence-corrected chi connectivity index (χ0v) is 16.4. The first-order chi connectivity index (χ1) is 13.2. The molecule has 2 aromatic heterocycles. The van der Waals surface area contributed by atoms with Crippen LogP contribution in [-0.4, -0.2) is 40.4 Å². The highest BCUT2D eigenvalue weighted by Crippen LogP contribution is 2.34. The van der Waals surface area contributed by atoms with E-state index in [1.54, 1.807) is 6.33 Å². The third-order valence-corrected chi connectivity index (χ3v) is 6.30. The Morgan fingerprint density at radius 2 is 1.93 bits per heavy atom. The number of hydrogen-bond donors (Lipinski definition) is 1. The summed E-state index contributed by atoms with van der Waals surface area (Å²) in [7, 11) is 0. The van der Waals surface area contributed by atoms with Gasteiger partial charge in [0, 0.05) is 19.6 Å². The van der Waals surface area contributed by atoms with E-state index in [0.717, 1.165) is 65.4 Å². The van der Waals surface area contributed by atoms with Crippen molar-refractivity contribution in [3.8, 4) is 0 Å². The number of aromatic nitrogens is 2. The molecule has 4 rings (SSSR count). The van der Waals surface area contributed by atoms with Crippen molar-refractivity contribution in [2.45, 2.75) is 32.6 Å². The van der Waals surface area contributed by atoms with E-state index in [-0.39, 0.29) is 5.91 Å². The minimum absolute atomic E-state index is 0.144. The summed E-state index contributed by atoms with van der Waals surface area (Å²) < 4.78 is 0. The standard InChI is InChI=1S/C21H24N4OS/c1-15-17-19(22-11-10-16-8-4-2-5-9-16)23-14-24-20(17)27-18(15)21(26)25-12-6-3-7-13-25/h2,4-5,8-9,14H,3,6-7,10-13H2,1H3,(H,22,23,24). The van der Waals surface area contributed by atoms with Gasteiger partial charge in [-0.3, -0.25) is 4.79 Å². The molecule has 140 valence electrons. The average molecular weight is 381 g/mol. The molecule has 3 heterocycles. The Hall–Kier alpha value is -2.47. The first-order valence-electron chi connectivity index (χ1n) is 9.55. The largest absolute Gasteiger partial charge is 0.369 e. The van der Waals surface area contributed by atoms with Crippen LogP contribution in [0.15, 0.2) is 36.7 Å². The van der Waals surface area contributed by atoms with Crippen molar-refractivity contribution in [2.75, 3.05) is 25.0 Å². The minimum Gasteiger partial charge on any atom is -0.369 e. The maximum absolute atomic E-state index is 13.0. The molecular weight excluding hydrogens is 356 g/mol. The summed E-state index contributed by atoms with van der Waals surface area (Å²) in [4.78, 5) is 25.5. The van der Waals surface area contributed by atoms with E-state index in [9.17, 15) is 4.79 Å². The van der Waals surface area contributed by atoms with Gasteiger partial charge in [-0.25, -0.2) is 9.97 Å². The zero-order valence-electron chi connectivity index (χ0n) is 15.6. The lowest BCUT2D eigenvalue weighted by Gasteiger charge is -2.26. The van der Waals surface area contributed by atoms with E-state index in [0.29, 0.717) is 0 Å².